The Bertz CT molecular complexity index is 151. The third kappa shape index (κ3) is 10.4. The van der Waals surface area contributed by atoms with Crippen molar-refractivity contribution in [3.05, 3.63) is 0 Å². The van der Waals surface area contributed by atoms with E-state index in [0.29, 0.717) is 26.4 Å². The molecule has 4 nitrogen and oxygen atoms in total. The van der Waals surface area contributed by atoms with Gasteiger partial charge in [0.1, 0.15) is 0 Å². The Balaban J connectivity index is 3.29. The van der Waals surface area contributed by atoms with Crippen molar-refractivity contribution in [1.29, 1.82) is 0 Å². The van der Waals surface area contributed by atoms with E-state index in [1.165, 1.54) is 0 Å². The van der Waals surface area contributed by atoms with E-state index in [1.54, 1.807) is 7.11 Å². The van der Waals surface area contributed by atoms with Gasteiger partial charge < -0.3 is 19.5 Å². The third-order valence-corrected chi connectivity index (χ3v) is 2.15. The molecule has 0 fully saturated rings. The van der Waals surface area contributed by atoms with Gasteiger partial charge in [-0.1, -0.05) is 20.8 Å². The fourth-order valence-corrected chi connectivity index (χ4v) is 1.23. The normalized spacial score (nSPS) is 12.0. The lowest BCUT2D eigenvalue weighted by molar-refractivity contribution is 0.00262. The Morgan fingerprint density at radius 1 is 1.00 bits per heavy atom. The molecule has 0 heterocycles. The third-order valence-electron chi connectivity index (χ3n) is 2.15. The molecule has 0 aliphatic rings. The largest absolute Gasteiger partial charge is 0.382 e. The Morgan fingerprint density at radius 3 is 2.25 bits per heavy atom. The van der Waals surface area contributed by atoms with E-state index in [2.05, 4.69) is 26.1 Å². The maximum atomic E-state index is 5.57. The number of hydrogen-bond acceptors (Lipinski definition) is 4. The van der Waals surface area contributed by atoms with Crippen LogP contribution >= 0.6 is 0 Å². The van der Waals surface area contributed by atoms with Crippen LogP contribution in [0, 0.1) is 5.41 Å². The van der Waals surface area contributed by atoms with Gasteiger partial charge in [-0.15, -0.1) is 0 Å². The van der Waals surface area contributed by atoms with E-state index in [1.807, 2.05) is 0 Å². The number of rotatable bonds is 11. The summed E-state index contributed by atoms with van der Waals surface area (Å²) < 4.78 is 15.7. The predicted molar refractivity (Wildman–Crippen MR) is 65.8 cm³/mol. The molecule has 16 heavy (non-hydrogen) atoms. The summed E-state index contributed by atoms with van der Waals surface area (Å²) in [5.74, 6) is 0. The Morgan fingerprint density at radius 2 is 1.62 bits per heavy atom. The average Bonchev–Trinajstić information content (AvgIpc) is 2.25. The van der Waals surface area contributed by atoms with Crippen LogP contribution in [-0.2, 0) is 14.2 Å². The average molecular weight is 233 g/mol. The molecule has 0 aliphatic carbocycles. The van der Waals surface area contributed by atoms with Gasteiger partial charge in [0.15, 0.2) is 0 Å². The summed E-state index contributed by atoms with van der Waals surface area (Å²) in [4.78, 5) is 0. The van der Waals surface area contributed by atoms with Crippen molar-refractivity contribution in [2.45, 2.75) is 20.8 Å². The standard InChI is InChI=1S/C12H27NO3/c1-5-13-10-12(2,3)11-16-9-8-15-7-6-14-4/h13H,5-11H2,1-4H3. The van der Waals surface area contributed by atoms with Gasteiger partial charge in [0.2, 0.25) is 0 Å². The SMILES string of the molecule is CCNCC(C)(C)COCCOCCOC. The molecule has 0 unspecified atom stereocenters. The first-order valence-corrected chi connectivity index (χ1v) is 5.97. The van der Waals surface area contributed by atoms with Crippen molar-refractivity contribution in [3.8, 4) is 0 Å². The van der Waals surface area contributed by atoms with Crippen molar-refractivity contribution in [3.63, 3.8) is 0 Å². The Labute approximate surface area is 99.6 Å². The van der Waals surface area contributed by atoms with E-state index in [0.717, 1.165) is 19.7 Å². The quantitative estimate of drug-likeness (QED) is 0.546. The molecule has 0 saturated carbocycles. The summed E-state index contributed by atoms with van der Waals surface area (Å²) in [6.07, 6.45) is 0. The van der Waals surface area contributed by atoms with E-state index in [9.17, 15) is 0 Å². The van der Waals surface area contributed by atoms with Gasteiger partial charge in [-0.2, -0.15) is 0 Å². The molecule has 0 saturated heterocycles. The zero-order valence-corrected chi connectivity index (χ0v) is 11.2. The van der Waals surface area contributed by atoms with Crippen LogP contribution in [0.1, 0.15) is 20.8 Å². The highest BCUT2D eigenvalue weighted by Crippen LogP contribution is 2.13. The summed E-state index contributed by atoms with van der Waals surface area (Å²) >= 11 is 0. The smallest absolute Gasteiger partial charge is 0.0701 e. The molecule has 0 aromatic carbocycles. The lowest BCUT2D eigenvalue weighted by Gasteiger charge is -2.24. The minimum atomic E-state index is 0.183. The van der Waals surface area contributed by atoms with E-state index in [-0.39, 0.29) is 5.41 Å². The molecule has 4 heteroatoms. The highest BCUT2D eigenvalue weighted by molar-refractivity contribution is 4.70. The minimum absolute atomic E-state index is 0.183. The first-order valence-electron chi connectivity index (χ1n) is 5.97. The molecule has 0 bridgehead atoms. The van der Waals surface area contributed by atoms with Crippen LogP contribution in [0.25, 0.3) is 0 Å². The lowest BCUT2D eigenvalue weighted by atomic mass is 9.95. The first-order chi connectivity index (χ1) is 7.62. The Hall–Kier alpha value is -0.160. The monoisotopic (exact) mass is 233 g/mol. The summed E-state index contributed by atoms with van der Waals surface area (Å²) in [5.41, 5.74) is 0.183. The van der Waals surface area contributed by atoms with Crippen LogP contribution in [0.2, 0.25) is 0 Å². The molecule has 0 rings (SSSR count). The lowest BCUT2D eigenvalue weighted by Crippen LogP contribution is -2.33. The molecule has 0 spiro atoms. The van der Waals surface area contributed by atoms with Crippen molar-refractivity contribution >= 4 is 0 Å². The minimum Gasteiger partial charge on any atom is -0.382 e. The van der Waals surface area contributed by atoms with E-state index in [4.69, 9.17) is 14.2 Å². The summed E-state index contributed by atoms with van der Waals surface area (Å²) in [6, 6.07) is 0. The van der Waals surface area contributed by atoms with Crippen LogP contribution in [0.15, 0.2) is 0 Å². The van der Waals surface area contributed by atoms with E-state index >= 15 is 0 Å². The molecule has 0 aromatic rings. The molecular formula is C12H27NO3. The second-order valence-electron chi connectivity index (χ2n) is 4.60. The summed E-state index contributed by atoms with van der Waals surface area (Å²) in [5, 5.41) is 3.33. The molecule has 0 radical (unpaired) electrons. The molecule has 0 amide bonds. The van der Waals surface area contributed by atoms with Gasteiger partial charge >= 0.3 is 0 Å². The second-order valence-corrected chi connectivity index (χ2v) is 4.60. The molecular weight excluding hydrogens is 206 g/mol. The molecule has 0 aromatic heterocycles. The van der Waals surface area contributed by atoms with Crippen LogP contribution in [-0.4, -0.2) is 53.2 Å². The van der Waals surface area contributed by atoms with Crippen LogP contribution < -0.4 is 5.32 Å². The predicted octanol–water partition coefficient (Wildman–Crippen LogP) is 1.30. The summed E-state index contributed by atoms with van der Waals surface area (Å²) in [6.45, 7) is 11.8. The highest BCUT2D eigenvalue weighted by Gasteiger charge is 2.16. The first kappa shape index (κ1) is 15.8. The topological polar surface area (TPSA) is 39.7 Å². The number of ether oxygens (including phenoxy) is 3. The van der Waals surface area contributed by atoms with Crippen LogP contribution in [0.3, 0.4) is 0 Å². The second kappa shape index (κ2) is 10.0. The van der Waals surface area contributed by atoms with Gasteiger partial charge in [-0.3, -0.25) is 0 Å². The zero-order chi connectivity index (χ0) is 12.3. The molecule has 0 aliphatic heterocycles. The summed E-state index contributed by atoms with van der Waals surface area (Å²) in [7, 11) is 1.67. The zero-order valence-electron chi connectivity index (χ0n) is 11.2. The van der Waals surface area contributed by atoms with Gasteiger partial charge in [0.05, 0.1) is 33.0 Å². The maximum Gasteiger partial charge on any atom is 0.0701 e. The molecule has 0 atom stereocenters. The van der Waals surface area contributed by atoms with Crippen molar-refractivity contribution in [2.24, 2.45) is 5.41 Å². The van der Waals surface area contributed by atoms with Crippen molar-refractivity contribution in [1.82, 2.24) is 5.32 Å². The number of hydrogen-bond donors (Lipinski definition) is 1. The van der Waals surface area contributed by atoms with Gasteiger partial charge in [0, 0.05) is 19.1 Å². The maximum absolute atomic E-state index is 5.57. The fraction of sp³-hybridized carbons (Fsp3) is 1.00. The van der Waals surface area contributed by atoms with Crippen LogP contribution in [0.4, 0.5) is 0 Å². The van der Waals surface area contributed by atoms with E-state index < -0.39 is 0 Å². The van der Waals surface area contributed by atoms with Gasteiger partial charge in [-0.05, 0) is 6.54 Å². The fourth-order valence-electron chi connectivity index (χ4n) is 1.23. The number of nitrogens with one attached hydrogen (secondary N) is 1. The molecule has 98 valence electrons. The van der Waals surface area contributed by atoms with Crippen molar-refractivity contribution < 1.29 is 14.2 Å². The van der Waals surface area contributed by atoms with Crippen LogP contribution in [0.5, 0.6) is 0 Å². The number of methoxy groups -OCH3 is 1. The Kier molecular flexibility index (Phi) is 9.92. The highest BCUT2D eigenvalue weighted by atomic mass is 16.5. The van der Waals surface area contributed by atoms with Gasteiger partial charge in [0.25, 0.3) is 0 Å². The van der Waals surface area contributed by atoms with Gasteiger partial charge in [-0.25, -0.2) is 0 Å². The van der Waals surface area contributed by atoms with Crippen molar-refractivity contribution in [2.75, 3.05) is 53.2 Å². The molecule has 1 N–H and O–H groups in total.